The highest BCUT2D eigenvalue weighted by Crippen LogP contribution is 2.48. The van der Waals surface area contributed by atoms with Gasteiger partial charge in [0.15, 0.2) is 6.10 Å². The molecule has 0 N–H and O–H groups in total. The zero-order valence-electron chi connectivity index (χ0n) is 11.0. The Hall–Kier alpha value is -0.710. The number of esters is 1. The first kappa shape index (κ1) is 16.3. The molecule has 0 aromatic heterocycles. The quantitative estimate of drug-likeness (QED) is 0.559. The summed E-state index contributed by atoms with van der Waals surface area (Å²) >= 11 is 0. The molecule has 0 bridgehead atoms. The number of hydrogen-bond acceptors (Lipinski definition) is 6. The molecule has 0 rings (SSSR count). The minimum atomic E-state index is -3.85. The molecule has 0 saturated carbocycles. The van der Waals surface area contributed by atoms with E-state index in [1.165, 1.54) is 6.92 Å². The third-order valence-corrected chi connectivity index (χ3v) is 3.86. The highest BCUT2D eigenvalue weighted by Gasteiger charge is 2.39. The summed E-state index contributed by atoms with van der Waals surface area (Å²) in [4.78, 5) is 23.2. The molecule has 0 aromatic rings. The van der Waals surface area contributed by atoms with Gasteiger partial charge in [-0.2, -0.15) is 0 Å². The van der Waals surface area contributed by atoms with Crippen molar-refractivity contribution in [2.45, 2.75) is 33.8 Å². The van der Waals surface area contributed by atoms with Gasteiger partial charge >= 0.3 is 13.6 Å². The van der Waals surface area contributed by atoms with Gasteiger partial charge in [-0.3, -0.25) is 14.2 Å². The molecule has 0 saturated heterocycles. The molecule has 17 heavy (non-hydrogen) atoms. The number of ether oxygens (including phenoxy) is 1. The molecule has 0 aliphatic carbocycles. The molecule has 1 atom stereocenters. The van der Waals surface area contributed by atoms with Crippen LogP contribution in [0, 0.1) is 5.41 Å². The molecule has 0 unspecified atom stereocenters. The maximum atomic E-state index is 11.7. The van der Waals surface area contributed by atoms with Crippen molar-refractivity contribution in [3.05, 3.63) is 0 Å². The van der Waals surface area contributed by atoms with E-state index in [-0.39, 0.29) is 0 Å². The third-order valence-electron chi connectivity index (χ3n) is 1.99. The van der Waals surface area contributed by atoms with Crippen LogP contribution in [0.25, 0.3) is 0 Å². The van der Waals surface area contributed by atoms with Crippen molar-refractivity contribution in [2.75, 3.05) is 14.2 Å². The maximum Gasteiger partial charge on any atom is 0.400 e. The smallest absolute Gasteiger partial charge is 0.400 e. The Morgan fingerprint density at radius 1 is 1.12 bits per heavy atom. The van der Waals surface area contributed by atoms with E-state index in [4.69, 9.17) is 4.74 Å². The Balaban J connectivity index is 4.75. The molecule has 0 fully saturated rings. The van der Waals surface area contributed by atoms with Crippen LogP contribution in [0.15, 0.2) is 0 Å². The minimum Gasteiger partial charge on any atom is -0.453 e. The monoisotopic (exact) mass is 266 g/mol. The number of carbonyl (C=O) groups excluding carboxylic acids is 2. The van der Waals surface area contributed by atoms with E-state index < -0.39 is 30.6 Å². The SMILES string of the molecule is COP(=O)(OC)C(=O)[C@H](C)OC(=O)C(C)(C)C. The van der Waals surface area contributed by atoms with Gasteiger partial charge in [0.1, 0.15) is 0 Å². The summed E-state index contributed by atoms with van der Waals surface area (Å²) in [6.07, 6.45) is -1.17. The van der Waals surface area contributed by atoms with E-state index in [1.54, 1.807) is 20.8 Å². The van der Waals surface area contributed by atoms with Crippen molar-refractivity contribution in [2.24, 2.45) is 5.41 Å². The third kappa shape index (κ3) is 4.22. The zero-order valence-corrected chi connectivity index (χ0v) is 11.9. The van der Waals surface area contributed by atoms with Gasteiger partial charge in [0, 0.05) is 14.2 Å². The highest BCUT2D eigenvalue weighted by molar-refractivity contribution is 7.72. The summed E-state index contributed by atoms with van der Waals surface area (Å²) < 4.78 is 25.7. The van der Waals surface area contributed by atoms with Gasteiger partial charge in [-0.25, -0.2) is 0 Å². The molecule has 0 heterocycles. The van der Waals surface area contributed by atoms with Crippen LogP contribution in [-0.4, -0.2) is 31.8 Å². The summed E-state index contributed by atoms with van der Waals surface area (Å²) in [5.41, 5.74) is -1.61. The summed E-state index contributed by atoms with van der Waals surface area (Å²) in [7, 11) is -1.66. The van der Waals surface area contributed by atoms with Crippen LogP contribution >= 0.6 is 7.60 Å². The van der Waals surface area contributed by atoms with Crippen molar-refractivity contribution >= 4 is 19.1 Å². The average Bonchev–Trinajstić information content (AvgIpc) is 2.25. The second kappa shape index (κ2) is 5.76. The van der Waals surface area contributed by atoms with E-state index in [9.17, 15) is 14.2 Å². The van der Waals surface area contributed by atoms with Gasteiger partial charge in [0.05, 0.1) is 5.41 Å². The van der Waals surface area contributed by atoms with Crippen LogP contribution in [0.1, 0.15) is 27.7 Å². The Kier molecular flexibility index (Phi) is 5.52. The molecule has 0 spiro atoms. The van der Waals surface area contributed by atoms with Crippen LogP contribution in [-0.2, 0) is 27.9 Å². The van der Waals surface area contributed by atoms with Crippen molar-refractivity contribution in [3.63, 3.8) is 0 Å². The summed E-state index contributed by atoms with van der Waals surface area (Å²) in [6, 6.07) is 0. The van der Waals surface area contributed by atoms with Gasteiger partial charge in [-0.05, 0) is 27.7 Å². The molecule has 7 heteroatoms. The summed E-state index contributed by atoms with van der Waals surface area (Å²) in [5, 5.41) is 0. The molecule has 0 radical (unpaired) electrons. The second-order valence-electron chi connectivity index (χ2n) is 4.50. The van der Waals surface area contributed by atoms with Crippen LogP contribution in [0.3, 0.4) is 0 Å². The summed E-state index contributed by atoms with van der Waals surface area (Å²) in [6.45, 7) is 6.28. The number of rotatable bonds is 5. The lowest BCUT2D eigenvalue weighted by Gasteiger charge is -2.21. The molecule has 0 aliphatic heterocycles. The predicted octanol–water partition coefficient (Wildman–Crippen LogP) is 1.98. The van der Waals surface area contributed by atoms with E-state index in [2.05, 4.69) is 9.05 Å². The minimum absolute atomic E-state index is 0.558. The Bertz CT molecular complexity index is 335. The van der Waals surface area contributed by atoms with E-state index in [0.29, 0.717) is 0 Å². The molecular formula is C10H19O6P. The van der Waals surface area contributed by atoms with Crippen molar-refractivity contribution in [3.8, 4) is 0 Å². The van der Waals surface area contributed by atoms with Gasteiger partial charge in [-0.15, -0.1) is 0 Å². The van der Waals surface area contributed by atoms with E-state index >= 15 is 0 Å². The first-order valence-electron chi connectivity index (χ1n) is 5.05. The standard InChI is InChI=1S/C10H19O6P/c1-7(16-9(12)10(2,3)4)8(11)17(13,14-5)15-6/h7H,1-6H3/t7-/m0/s1. The highest BCUT2D eigenvalue weighted by atomic mass is 31.2. The predicted molar refractivity (Wildman–Crippen MR) is 61.6 cm³/mol. The van der Waals surface area contributed by atoms with Crippen LogP contribution < -0.4 is 0 Å². The van der Waals surface area contributed by atoms with Crippen molar-refractivity contribution < 1.29 is 27.9 Å². The van der Waals surface area contributed by atoms with Gasteiger partial charge in [0.25, 0.3) is 5.52 Å². The Morgan fingerprint density at radius 2 is 1.53 bits per heavy atom. The van der Waals surface area contributed by atoms with Crippen LogP contribution in [0.5, 0.6) is 0 Å². The molecular weight excluding hydrogens is 247 g/mol. The van der Waals surface area contributed by atoms with E-state index in [1.807, 2.05) is 0 Å². The fraction of sp³-hybridized carbons (Fsp3) is 0.800. The van der Waals surface area contributed by atoms with E-state index in [0.717, 1.165) is 14.2 Å². The molecule has 100 valence electrons. The molecule has 0 amide bonds. The second-order valence-corrected chi connectivity index (χ2v) is 6.66. The molecule has 0 aromatic carbocycles. The molecule has 0 aliphatic rings. The van der Waals surface area contributed by atoms with Crippen LogP contribution in [0.4, 0.5) is 0 Å². The zero-order chi connectivity index (χ0) is 13.9. The largest absolute Gasteiger partial charge is 0.453 e. The fourth-order valence-electron chi connectivity index (χ4n) is 0.865. The molecule has 6 nitrogen and oxygen atoms in total. The van der Waals surface area contributed by atoms with Crippen molar-refractivity contribution in [1.82, 2.24) is 0 Å². The first-order valence-corrected chi connectivity index (χ1v) is 6.59. The normalized spacial score (nSPS) is 14.2. The lowest BCUT2D eigenvalue weighted by molar-refractivity contribution is -0.160. The number of carbonyl (C=O) groups is 2. The maximum absolute atomic E-state index is 11.7. The number of hydrogen-bond donors (Lipinski definition) is 0. The Morgan fingerprint density at radius 3 is 1.82 bits per heavy atom. The average molecular weight is 266 g/mol. The van der Waals surface area contributed by atoms with Crippen molar-refractivity contribution in [1.29, 1.82) is 0 Å². The lowest BCUT2D eigenvalue weighted by Crippen LogP contribution is -2.31. The van der Waals surface area contributed by atoms with Gasteiger partial charge in [0.2, 0.25) is 0 Å². The first-order chi connectivity index (χ1) is 7.58. The van der Waals surface area contributed by atoms with Gasteiger partial charge < -0.3 is 13.8 Å². The van der Waals surface area contributed by atoms with Crippen LogP contribution in [0.2, 0.25) is 0 Å². The summed E-state index contributed by atoms with van der Waals surface area (Å²) in [5.74, 6) is -0.558. The fourth-order valence-corrected chi connectivity index (χ4v) is 1.87. The Labute approximate surface area is 101 Å². The topological polar surface area (TPSA) is 78.9 Å². The lowest BCUT2D eigenvalue weighted by atomic mass is 9.97. The van der Waals surface area contributed by atoms with Gasteiger partial charge in [-0.1, -0.05) is 0 Å².